The Balaban J connectivity index is 1.68. The third-order valence-corrected chi connectivity index (χ3v) is 6.45. The second kappa shape index (κ2) is 9.62. The zero-order valence-electron chi connectivity index (χ0n) is 19.8. The lowest BCUT2D eigenvalue weighted by Gasteiger charge is -2.21. The van der Waals surface area contributed by atoms with Crippen molar-refractivity contribution in [3.05, 3.63) is 106 Å². The fraction of sp³-hybridized carbons (Fsp3) is 0.172. The molecule has 0 bridgehead atoms. The minimum Gasteiger partial charge on any atom is -0.481 e. The van der Waals surface area contributed by atoms with Crippen molar-refractivity contribution in [2.45, 2.75) is 32.2 Å². The number of amides is 1. The van der Waals surface area contributed by atoms with E-state index < -0.39 is 17.9 Å². The van der Waals surface area contributed by atoms with Gasteiger partial charge in [0.15, 0.2) is 0 Å². The largest absolute Gasteiger partial charge is 0.481 e. The molecule has 0 saturated carbocycles. The van der Waals surface area contributed by atoms with Gasteiger partial charge < -0.3 is 10.1 Å². The zero-order valence-corrected chi connectivity index (χ0v) is 19.8. The molecule has 0 aliphatic carbocycles. The lowest BCUT2D eigenvalue weighted by atomic mass is 9.90. The van der Waals surface area contributed by atoms with Crippen molar-refractivity contribution in [2.24, 2.45) is 5.10 Å². The van der Waals surface area contributed by atoms with Gasteiger partial charge in [0.05, 0.1) is 23.7 Å². The smallest absolute Gasteiger partial charge is 0.303 e. The summed E-state index contributed by atoms with van der Waals surface area (Å²) < 4.78 is 0. The van der Waals surface area contributed by atoms with Crippen LogP contribution in [0, 0.1) is 6.92 Å². The van der Waals surface area contributed by atoms with Gasteiger partial charge in [0.2, 0.25) is 5.91 Å². The van der Waals surface area contributed by atoms with E-state index in [4.69, 9.17) is 5.11 Å². The first-order chi connectivity index (χ1) is 17.4. The summed E-state index contributed by atoms with van der Waals surface area (Å²) >= 11 is 0. The second-order valence-corrected chi connectivity index (χ2v) is 8.93. The van der Waals surface area contributed by atoms with Crippen LogP contribution in [0.3, 0.4) is 0 Å². The average molecular weight is 480 g/mol. The Hall–Kier alpha value is -4.52. The van der Waals surface area contributed by atoms with E-state index in [-0.39, 0.29) is 18.4 Å². The average Bonchev–Trinajstić information content (AvgIpc) is 3.32. The Labute approximate surface area is 207 Å². The number of aliphatic carboxylic acids is 1. The maximum absolute atomic E-state index is 13.5. The molecule has 1 aliphatic rings. The van der Waals surface area contributed by atoms with E-state index in [0.29, 0.717) is 17.7 Å². The molecule has 0 fully saturated rings. The minimum absolute atomic E-state index is 0.172. The molecule has 0 saturated heterocycles. The number of carbonyl (C=O) groups excluding carboxylic acids is 1. The van der Waals surface area contributed by atoms with Crippen LogP contribution < -0.4 is 5.56 Å². The topological polar surface area (TPSA) is 103 Å². The number of carbonyl (C=O) groups is 2. The van der Waals surface area contributed by atoms with Crippen LogP contribution in [0.15, 0.2) is 88.8 Å². The number of fused-ring (bicyclic) bond motifs is 1. The number of rotatable bonds is 6. The number of nitrogens with zero attached hydrogens (tertiary/aromatic N) is 2. The fourth-order valence-corrected chi connectivity index (χ4v) is 4.69. The molecular weight excluding hydrogens is 454 g/mol. The number of hydrogen-bond donors (Lipinski definition) is 2. The Bertz CT molecular complexity index is 1540. The molecule has 0 unspecified atom stereocenters. The number of carboxylic acids is 1. The van der Waals surface area contributed by atoms with Gasteiger partial charge in [-0.1, -0.05) is 78.4 Å². The van der Waals surface area contributed by atoms with E-state index >= 15 is 0 Å². The van der Waals surface area contributed by atoms with Gasteiger partial charge >= 0.3 is 5.97 Å². The van der Waals surface area contributed by atoms with Gasteiger partial charge in [0.25, 0.3) is 5.56 Å². The maximum Gasteiger partial charge on any atom is 0.303 e. The Morgan fingerprint density at radius 2 is 1.64 bits per heavy atom. The predicted octanol–water partition coefficient (Wildman–Crippen LogP) is 5.05. The van der Waals surface area contributed by atoms with Crippen molar-refractivity contribution in [2.75, 3.05) is 0 Å². The van der Waals surface area contributed by atoms with E-state index in [1.165, 1.54) is 5.01 Å². The van der Waals surface area contributed by atoms with Crippen molar-refractivity contribution in [3.8, 4) is 11.1 Å². The second-order valence-electron chi connectivity index (χ2n) is 8.93. The zero-order chi connectivity index (χ0) is 25.2. The number of H-pyrrole nitrogens is 1. The molecule has 36 heavy (non-hydrogen) atoms. The quantitative estimate of drug-likeness (QED) is 0.404. The van der Waals surface area contributed by atoms with Gasteiger partial charge in [-0.2, -0.15) is 5.10 Å². The molecule has 3 aromatic carbocycles. The number of nitrogens with one attached hydrogen (secondary N) is 1. The van der Waals surface area contributed by atoms with Crippen molar-refractivity contribution in [1.82, 2.24) is 9.99 Å². The van der Waals surface area contributed by atoms with Crippen molar-refractivity contribution < 1.29 is 14.7 Å². The first-order valence-electron chi connectivity index (χ1n) is 11.8. The molecule has 5 rings (SSSR count). The number of benzene rings is 3. The molecule has 0 spiro atoms. The van der Waals surface area contributed by atoms with Crippen LogP contribution in [0.5, 0.6) is 0 Å². The van der Waals surface area contributed by atoms with Gasteiger partial charge in [0.1, 0.15) is 0 Å². The third-order valence-electron chi connectivity index (χ3n) is 6.45. The van der Waals surface area contributed by atoms with Crippen LogP contribution in [0.4, 0.5) is 0 Å². The van der Waals surface area contributed by atoms with Gasteiger partial charge in [-0.25, -0.2) is 5.01 Å². The summed E-state index contributed by atoms with van der Waals surface area (Å²) in [5, 5.41) is 16.0. The highest BCUT2D eigenvalue weighted by Crippen LogP contribution is 2.37. The molecule has 2 N–H and O–H groups in total. The summed E-state index contributed by atoms with van der Waals surface area (Å²) in [4.78, 5) is 40.6. The minimum atomic E-state index is -1.05. The lowest BCUT2D eigenvalue weighted by molar-refractivity contribution is -0.141. The van der Waals surface area contributed by atoms with Crippen LogP contribution in [-0.2, 0) is 9.59 Å². The molecule has 180 valence electrons. The van der Waals surface area contributed by atoms with Gasteiger partial charge in [-0.3, -0.25) is 14.4 Å². The number of para-hydroxylation sites is 1. The van der Waals surface area contributed by atoms with Crippen molar-refractivity contribution >= 4 is 28.5 Å². The third kappa shape index (κ3) is 4.43. The van der Waals surface area contributed by atoms with Crippen molar-refractivity contribution in [1.29, 1.82) is 0 Å². The number of hydrazone groups is 1. The standard InChI is InChI=1S/C29H25N3O4/c1-18-11-13-20(14-12-18)27-21-9-5-6-10-22(21)30-29(36)28(27)23-17-24(19-7-3-2-4-8-19)32(31-23)25(33)15-16-26(34)35/h2-14,24H,15-17H2,1H3,(H,30,36)(H,34,35)/t24-/m1/s1. The molecule has 7 nitrogen and oxygen atoms in total. The van der Waals surface area contributed by atoms with Gasteiger partial charge in [0, 0.05) is 29.3 Å². The monoisotopic (exact) mass is 479 g/mol. The summed E-state index contributed by atoms with van der Waals surface area (Å²) in [5.74, 6) is -1.44. The predicted molar refractivity (Wildman–Crippen MR) is 139 cm³/mol. The molecule has 7 heteroatoms. The fourth-order valence-electron chi connectivity index (χ4n) is 4.69. The number of aromatic amines is 1. The first-order valence-corrected chi connectivity index (χ1v) is 11.8. The number of aryl methyl sites for hydroxylation is 1. The SMILES string of the molecule is Cc1ccc(-c2c(C3=NN(C(=O)CCC(=O)O)[C@@H](c4ccccc4)C3)c(=O)[nH]c3ccccc23)cc1. The van der Waals surface area contributed by atoms with E-state index in [0.717, 1.165) is 33.2 Å². The van der Waals surface area contributed by atoms with E-state index in [9.17, 15) is 14.4 Å². The van der Waals surface area contributed by atoms with E-state index in [1.807, 2.05) is 85.8 Å². The number of hydrogen-bond acceptors (Lipinski definition) is 4. The van der Waals surface area contributed by atoms with Crippen LogP contribution >= 0.6 is 0 Å². The van der Waals surface area contributed by atoms with Crippen molar-refractivity contribution in [3.63, 3.8) is 0 Å². The van der Waals surface area contributed by atoms with E-state index in [2.05, 4.69) is 10.1 Å². The molecule has 1 aromatic heterocycles. The summed E-state index contributed by atoms with van der Waals surface area (Å²) in [7, 11) is 0. The summed E-state index contributed by atoms with van der Waals surface area (Å²) in [5.41, 5.74) is 4.97. The molecule has 0 radical (unpaired) electrons. The Kier molecular flexibility index (Phi) is 6.21. The maximum atomic E-state index is 13.5. The number of pyridine rings is 1. The molecular formula is C29H25N3O4. The summed E-state index contributed by atoms with van der Waals surface area (Å²) in [6.45, 7) is 2.01. The summed E-state index contributed by atoms with van der Waals surface area (Å²) in [6, 6.07) is 24.6. The normalized spacial score (nSPS) is 15.2. The summed E-state index contributed by atoms with van der Waals surface area (Å²) in [6.07, 6.45) is -0.121. The van der Waals surface area contributed by atoms with Crippen LogP contribution in [-0.4, -0.2) is 32.7 Å². The molecule has 4 aromatic rings. The van der Waals surface area contributed by atoms with Crippen LogP contribution in [0.25, 0.3) is 22.0 Å². The molecule has 1 aliphatic heterocycles. The van der Waals surface area contributed by atoms with Gasteiger partial charge in [-0.05, 0) is 24.1 Å². The number of aromatic nitrogens is 1. The molecule has 1 atom stereocenters. The Morgan fingerprint density at radius 1 is 0.944 bits per heavy atom. The van der Waals surface area contributed by atoms with Crippen LogP contribution in [0.2, 0.25) is 0 Å². The van der Waals surface area contributed by atoms with Gasteiger partial charge in [-0.15, -0.1) is 0 Å². The van der Waals surface area contributed by atoms with Crippen LogP contribution in [0.1, 0.15) is 42.0 Å². The van der Waals surface area contributed by atoms with E-state index in [1.54, 1.807) is 0 Å². The highest BCUT2D eigenvalue weighted by atomic mass is 16.4. The highest BCUT2D eigenvalue weighted by molar-refractivity contribution is 6.12. The first kappa shape index (κ1) is 23.2. The lowest BCUT2D eigenvalue weighted by Crippen LogP contribution is -2.27. The molecule has 1 amide bonds. The number of carboxylic acid groups (broad SMARTS) is 1. The highest BCUT2D eigenvalue weighted by Gasteiger charge is 2.35. The Morgan fingerprint density at radius 3 is 2.36 bits per heavy atom. The molecule has 2 heterocycles.